The van der Waals surface area contributed by atoms with Crippen LogP contribution in [0.4, 0.5) is 4.79 Å². The molecule has 8 heteroatoms. The summed E-state index contributed by atoms with van der Waals surface area (Å²) in [5.41, 5.74) is 0. The van der Waals surface area contributed by atoms with E-state index in [1.54, 1.807) is 0 Å². The van der Waals surface area contributed by atoms with Gasteiger partial charge in [0.1, 0.15) is 6.04 Å². The van der Waals surface area contributed by atoms with Gasteiger partial charge in [-0.2, -0.15) is 0 Å². The van der Waals surface area contributed by atoms with Crippen LogP contribution in [0, 0.1) is 0 Å². The highest BCUT2D eigenvalue weighted by molar-refractivity contribution is 5.82. The highest BCUT2D eigenvalue weighted by Gasteiger charge is 2.20. The van der Waals surface area contributed by atoms with Crippen molar-refractivity contribution in [1.29, 1.82) is 0 Å². The summed E-state index contributed by atoms with van der Waals surface area (Å²) in [6, 6.07) is -1.82. The second kappa shape index (κ2) is 10.9. The fraction of sp³-hybridized carbons (Fsp3) is 0.769. The van der Waals surface area contributed by atoms with Crippen molar-refractivity contribution in [2.75, 3.05) is 13.2 Å². The van der Waals surface area contributed by atoms with Gasteiger partial charge >= 0.3 is 18.0 Å². The third-order valence-electron chi connectivity index (χ3n) is 2.56. The van der Waals surface area contributed by atoms with Gasteiger partial charge in [0.2, 0.25) is 0 Å². The average molecular weight is 304 g/mol. The SMILES string of the molecule is CC(C)OCCCCNC(=O)N[C@@H](CCC(=O)O)C(=O)O. The van der Waals surface area contributed by atoms with Crippen LogP contribution in [-0.4, -0.2) is 53.5 Å². The van der Waals surface area contributed by atoms with Crippen LogP contribution in [-0.2, 0) is 14.3 Å². The van der Waals surface area contributed by atoms with Crippen molar-refractivity contribution in [3.8, 4) is 0 Å². The molecule has 0 aliphatic heterocycles. The molecule has 0 fully saturated rings. The summed E-state index contributed by atoms with van der Waals surface area (Å²) >= 11 is 0. The number of carbonyl (C=O) groups excluding carboxylic acids is 1. The number of nitrogens with one attached hydrogen (secondary N) is 2. The Hall–Kier alpha value is -1.83. The first-order valence-electron chi connectivity index (χ1n) is 6.93. The third-order valence-corrected chi connectivity index (χ3v) is 2.56. The first-order valence-corrected chi connectivity index (χ1v) is 6.93. The standard InChI is InChI=1S/C13H24N2O6/c1-9(2)21-8-4-3-7-14-13(20)15-10(12(18)19)5-6-11(16)17/h9-10H,3-8H2,1-2H3,(H,16,17)(H,18,19)(H2,14,15,20)/t10-/m0/s1. The number of unbranched alkanes of at least 4 members (excludes halogenated alkanes) is 1. The van der Waals surface area contributed by atoms with E-state index in [1.165, 1.54) is 0 Å². The molecule has 21 heavy (non-hydrogen) atoms. The van der Waals surface area contributed by atoms with Gasteiger partial charge in [-0.25, -0.2) is 9.59 Å². The molecule has 0 aromatic carbocycles. The number of carboxylic acids is 2. The summed E-state index contributed by atoms with van der Waals surface area (Å²) in [6.45, 7) is 4.89. The second-order valence-electron chi connectivity index (χ2n) is 4.85. The topological polar surface area (TPSA) is 125 Å². The van der Waals surface area contributed by atoms with E-state index in [1.807, 2.05) is 13.8 Å². The summed E-state index contributed by atoms with van der Waals surface area (Å²) in [6.07, 6.45) is 1.21. The summed E-state index contributed by atoms with van der Waals surface area (Å²) in [4.78, 5) is 32.8. The Balaban J connectivity index is 3.83. The van der Waals surface area contributed by atoms with Crippen molar-refractivity contribution in [2.45, 2.75) is 51.7 Å². The van der Waals surface area contributed by atoms with Gasteiger partial charge in [-0.15, -0.1) is 0 Å². The molecule has 4 N–H and O–H groups in total. The monoisotopic (exact) mass is 304 g/mol. The van der Waals surface area contributed by atoms with Crippen molar-refractivity contribution in [2.24, 2.45) is 0 Å². The molecule has 0 bridgehead atoms. The van der Waals surface area contributed by atoms with Gasteiger partial charge in [0.05, 0.1) is 6.10 Å². The van der Waals surface area contributed by atoms with E-state index in [9.17, 15) is 14.4 Å². The third kappa shape index (κ3) is 11.7. The van der Waals surface area contributed by atoms with E-state index in [0.717, 1.165) is 6.42 Å². The van der Waals surface area contributed by atoms with Crippen LogP contribution in [0.2, 0.25) is 0 Å². The van der Waals surface area contributed by atoms with Crippen molar-refractivity contribution in [3.63, 3.8) is 0 Å². The van der Waals surface area contributed by atoms with E-state index >= 15 is 0 Å². The Morgan fingerprint density at radius 1 is 1.14 bits per heavy atom. The molecule has 0 saturated carbocycles. The molecule has 0 radical (unpaired) electrons. The number of ether oxygens (including phenoxy) is 1. The van der Waals surface area contributed by atoms with E-state index in [0.29, 0.717) is 19.6 Å². The van der Waals surface area contributed by atoms with E-state index < -0.39 is 24.0 Å². The Bertz CT molecular complexity index is 346. The maximum atomic E-state index is 11.5. The quantitative estimate of drug-likeness (QED) is 0.419. The minimum atomic E-state index is -1.25. The predicted molar refractivity (Wildman–Crippen MR) is 75.2 cm³/mol. The summed E-state index contributed by atoms with van der Waals surface area (Å²) in [5.74, 6) is -2.36. The van der Waals surface area contributed by atoms with Gasteiger partial charge < -0.3 is 25.6 Å². The van der Waals surface area contributed by atoms with Crippen molar-refractivity contribution < 1.29 is 29.3 Å². The molecule has 0 aliphatic rings. The minimum absolute atomic E-state index is 0.152. The van der Waals surface area contributed by atoms with Crippen LogP contribution in [0.3, 0.4) is 0 Å². The number of aliphatic carboxylic acids is 2. The largest absolute Gasteiger partial charge is 0.481 e. The molecule has 122 valence electrons. The molecule has 0 aromatic rings. The zero-order chi connectivity index (χ0) is 16.3. The zero-order valence-electron chi connectivity index (χ0n) is 12.4. The van der Waals surface area contributed by atoms with E-state index in [-0.39, 0.29) is 18.9 Å². The van der Waals surface area contributed by atoms with Crippen LogP contribution >= 0.6 is 0 Å². The van der Waals surface area contributed by atoms with E-state index in [2.05, 4.69) is 10.6 Å². The van der Waals surface area contributed by atoms with Crippen LogP contribution in [0.1, 0.15) is 39.5 Å². The Morgan fingerprint density at radius 3 is 2.33 bits per heavy atom. The van der Waals surface area contributed by atoms with Crippen LogP contribution < -0.4 is 10.6 Å². The number of carbonyl (C=O) groups is 3. The summed E-state index contributed by atoms with van der Waals surface area (Å²) < 4.78 is 5.34. The molecule has 0 rings (SSSR count). The zero-order valence-corrected chi connectivity index (χ0v) is 12.4. The molecule has 0 saturated heterocycles. The van der Waals surface area contributed by atoms with Crippen LogP contribution in [0.5, 0.6) is 0 Å². The Labute approximate surface area is 123 Å². The molecule has 0 unspecified atom stereocenters. The number of amides is 2. The lowest BCUT2D eigenvalue weighted by atomic mass is 10.1. The maximum absolute atomic E-state index is 11.5. The predicted octanol–water partition coefficient (Wildman–Crippen LogP) is 0.809. The first kappa shape index (κ1) is 19.2. The molecular weight excluding hydrogens is 280 g/mol. The number of hydrogen-bond acceptors (Lipinski definition) is 4. The molecule has 8 nitrogen and oxygen atoms in total. The van der Waals surface area contributed by atoms with Gasteiger partial charge in [0, 0.05) is 19.6 Å². The van der Waals surface area contributed by atoms with Gasteiger partial charge in [0.15, 0.2) is 0 Å². The summed E-state index contributed by atoms with van der Waals surface area (Å²) in [5, 5.41) is 22.1. The molecular formula is C13H24N2O6. The fourth-order valence-corrected chi connectivity index (χ4v) is 1.48. The highest BCUT2D eigenvalue weighted by atomic mass is 16.5. The van der Waals surface area contributed by atoms with Gasteiger partial charge in [-0.1, -0.05) is 0 Å². The second-order valence-corrected chi connectivity index (χ2v) is 4.85. The lowest BCUT2D eigenvalue weighted by molar-refractivity contribution is -0.140. The lowest BCUT2D eigenvalue weighted by Gasteiger charge is -2.14. The Morgan fingerprint density at radius 2 is 1.81 bits per heavy atom. The Kier molecular flexibility index (Phi) is 9.95. The fourth-order valence-electron chi connectivity index (χ4n) is 1.48. The van der Waals surface area contributed by atoms with Gasteiger partial charge in [-0.05, 0) is 33.1 Å². The molecule has 0 aromatic heterocycles. The average Bonchev–Trinajstić information content (AvgIpc) is 2.37. The molecule has 1 atom stereocenters. The number of rotatable bonds is 11. The van der Waals surface area contributed by atoms with Gasteiger partial charge in [-0.3, -0.25) is 4.79 Å². The smallest absolute Gasteiger partial charge is 0.326 e. The van der Waals surface area contributed by atoms with E-state index in [4.69, 9.17) is 14.9 Å². The first-order chi connectivity index (χ1) is 9.82. The normalized spacial score (nSPS) is 12.0. The van der Waals surface area contributed by atoms with Crippen LogP contribution in [0.15, 0.2) is 0 Å². The minimum Gasteiger partial charge on any atom is -0.481 e. The highest BCUT2D eigenvalue weighted by Crippen LogP contribution is 1.98. The summed E-state index contributed by atoms with van der Waals surface area (Å²) in [7, 11) is 0. The molecule has 2 amide bonds. The molecule has 0 aliphatic carbocycles. The number of urea groups is 1. The molecule has 0 spiro atoms. The van der Waals surface area contributed by atoms with Crippen molar-refractivity contribution >= 4 is 18.0 Å². The van der Waals surface area contributed by atoms with Crippen molar-refractivity contribution in [1.82, 2.24) is 10.6 Å². The van der Waals surface area contributed by atoms with Crippen molar-refractivity contribution in [3.05, 3.63) is 0 Å². The maximum Gasteiger partial charge on any atom is 0.326 e. The lowest BCUT2D eigenvalue weighted by Crippen LogP contribution is -2.46. The number of carboxylic acid groups (broad SMARTS) is 2. The van der Waals surface area contributed by atoms with Gasteiger partial charge in [0.25, 0.3) is 0 Å². The number of hydrogen-bond donors (Lipinski definition) is 4. The van der Waals surface area contributed by atoms with Crippen LogP contribution in [0.25, 0.3) is 0 Å². The molecule has 0 heterocycles.